The van der Waals surface area contributed by atoms with E-state index in [2.05, 4.69) is 25.9 Å². The molecule has 4 aromatic rings. The summed E-state index contributed by atoms with van der Waals surface area (Å²) in [5.41, 5.74) is -2.66. The van der Waals surface area contributed by atoms with Crippen molar-refractivity contribution in [1.29, 1.82) is 0 Å². The predicted molar refractivity (Wildman–Crippen MR) is 111 cm³/mol. The Balaban J connectivity index is 1.73. The first-order valence-electron chi connectivity index (χ1n) is 9.70. The van der Waals surface area contributed by atoms with Crippen LogP contribution in [0.5, 0.6) is 0 Å². The van der Waals surface area contributed by atoms with Crippen molar-refractivity contribution in [3.05, 3.63) is 87.3 Å². The van der Waals surface area contributed by atoms with E-state index in [9.17, 15) is 27.2 Å². The summed E-state index contributed by atoms with van der Waals surface area (Å²) in [6, 6.07) is 9.19. The summed E-state index contributed by atoms with van der Waals surface area (Å²) >= 11 is 0. The average molecular weight is 473 g/mol. The first kappa shape index (κ1) is 22.8. The quantitative estimate of drug-likeness (QED) is 0.456. The van der Waals surface area contributed by atoms with Gasteiger partial charge in [0.05, 0.1) is 11.3 Å². The number of carbonyl (C=O) groups excluding carboxylic acids is 1. The summed E-state index contributed by atoms with van der Waals surface area (Å²) in [7, 11) is 0. The molecule has 174 valence electrons. The fourth-order valence-electron chi connectivity index (χ4n) is 3.24. The van der Waals surface area contributed by atoms with Gasteiger partial charge in [-0.25, -0.2) is 9.07 Å². The molecule has 0 aliphatic heterocycles. The molecule has 13 heteroatoms. The third-order valence-corrected chi connectivity index (χ3v) is 4.82. The second-order valence-corrected chi connectivity index (χ2v) is 7.18. The van der Waals surface area contributed by atoms with Crippen molar-refractivity contribution < 1.29 is 22.4 Å². The van der Waals surface area contributed by atoms with Crippen molar-refractivity contribution in [3.63, 3.8) is 0 Å². The lowest BCUT2D eigenvalue weighted by Gasteiger charge is -2.16. The first-order valence-corrected chi connectivity index (χ1v) is 9.70. The Bertz CT molecular complexity index is 1460. The van der Waals surface area contributed by atoms with Crippen LogP contribution in [-0.2, 0) is 6.18 Å². The predicted octanol–water partition coefficient (Wildman–Crippen LogP) is 3.24. The van der Waals surface area contributed by atoms with Crippen molar-refractivity contribution >= 4 is 11.6 Å². The van der Waals surface area contributed by atoms with E-state index >= 15 is 0 Å². The first-order chi connectivity index (χ1) is 16.1. The number of aromatic nitrogens is 6. The zero-order chi connectivity index (χ0) is 24.6. The molecule has 0 bridgehead atoms. The number of amides is 1. The molecule has 0 spiro atoms. The number of halogens is 4. The van der Waals surface area contributed by atoms with E-state index in [1.54, 1.807) is 6.92 Å². The number of anilines is 1. The van der Waals surface area contributed by atoms with Crippen LogP contribution < -0.4 is 10.7 Å². The van der Waals surface area contributed by atoms with Gasteiger partial charge in [-0.15, -0.1) is 5.10 Å². The van der Waals surface area contributed by atoms with Crippen LogP contribution in [0, 0.1) is 19.7 Å². The monoisotopic (exact) mass is 473 g/mol. The van der Waals surface area contributed by atoms with E-state index in [-0.39, 0.29) is 28.6 Å². The van der Waals surface area contributed by atoms with Gasteiger partial charge in [0.1, 0.15) is 11.5 Å². The molecule has 0 saturated heterocycles. The molecule has 34 heavy (non-hydrogen) atoms. The molecule has 0 aliphatic carbocycles. The maximum atomic E-state index is 14.3. The Kier molecular flexibility index (Phi) is 5.69. The fourth-order valence-corrected chi connectivity index (χ4v) is 3.24. The van der Waals surface area contributed by atoms with Gasteiger partial charge in [0, 0.05) is 17.4 Å². The van der Waals surface area contributed by atoms with Crippen LogP contribution in [0.2, 0.25) is 0 Å². The van der Waals surface area contributed by atoms with Gasteiger partial charge in [-0.1, -0.05) is 12.1 Å². The Morgan fingerprint density at radius 3 is 2.41 bits per heavy atom. The third kappa shape index (κ3) is 4.27. The lowest BCUT2D eigenvalue weighted by atomic mass is 10.1. The summed E-state index contributed by atoms with van der Waals surface area (Å²) < 4.78 is 56.7. The number of rotatable bonds is 4. The Hall–Kier alpha value is -4.42. The molecule has 4 rings (SSSR count). The zero-order valence-corrected chi connectivity index (χ0v) is 17.6. The van der Waals surface area contributed by atoms with Gasteiger partial charge in [0.15, 0.2) is 11.5 Å². The molecule has 9 nitrogen and oxygen atoms in total. The Labute approximate surface area is 188 Å². The minimum absolute atomic E-state index is 0.0614. The maximum absolute atomic E-state index is 14.3. The van der Waals surface area contributed by atoms with Gasteiger partial charge >= 0.3 is 6.18 Å². The molecule has 1 amide bonds. The van der Waals surface area contributed by atoms with Crippen molar-refractivity contribution in [2.24, 2.45) is 0 Å². The van der Waals surface area contributed by atoms with E-state index in [0.29, 0.717) is 0 Å². The van der Waals surface area contributed by atoms with E-state index in [0.717, 1.165) is 27.6 Å². The molecule has 2 heterocycles. The standard InChI is InChI=1S/C21H15F4N7O2/c1-11-9-18(33)19(28-31(11)16-6-4-3-5-14(16)21(23,24)25)20(34)26-13-7-8-15(22)17(10-13)32-12(2)27-29-30-32/h3-10H,1-2H3,(H,26,34). The summed E-state index contributed by atoms with van der Waals surface area (Å²) in [5, 5.41) is 17.1. The van der Waals surface area contributed by atoms with Crippen molar-refractivity contribution in [3.8, 4) is 11.4 Å². The SMILES string of the molecule is Cc1cc(=O)c(C(=O)Nc2ccc(F)c(-n3nnnc3C)c2)nn1-c1ccccc1C(F)(F)F. The normalized spacial score (nSPS) is 11.5. The number of hydrogen-bond donors (Lipinski definition) is 1. The molecule has 0 saturated carbocycles. The molecule has 0 fully saturated rings. The summed E-state index contributed by atoms with van der Waals surface area (Å²) in [5.74, 6) is -1.38. The van der Waals surface area contributed by atoms with Gasteiger partial charge in [0.25, 0.3) is 5.91 Å². The summed E-state index contributed by atoms with van der Waals surface area (Å²) in [6.07, 6.45) is -4.69. The number of alkyl halides is 3. The van der Waals surface area contributed by atoms with Gasteiger partial charge in [-0.3, -0.25) is 9.59 Å². The van der Waals surface area contributed by atoms with Gasteiger partial charge < -0.3 is 5.32 Å². The molecular formula is C21H15F4N7O2. The lowest BCUT2D eigenvalue weighted by molar-refractivity contribution is -0.137. The van der Waals surface area contributed by atoms with Gasteiger partial charge in [-0.05, 0) is 54.6 Å². The van der Waals surface area contributed by atoms with E-state index in [4.69, 9.17) is 0 Å². The van der Waals surface area contributed by atoms with E-state index in [1.165, 1.54) is 37.3 Å². The van der Waals surface area contributed by atoms with E-state index < -0.39 is 34.6 Å². The highest BCUT2D eigenvalue weighted by molar-refractivity contribution is 6.02. The lowest BCUT2D eigenvalue weighted by Crippen LogP contribution is -2.27. The number of nitrogens with one attached hydrogen (secondary N) is 1. The minimum Gasteiger partial charge on any atom is -0.320 e. The highest BCUT2D eigenvalue weighted by Crippen LogP contribution is 2.33. The number of tetrazole rings is 1. The molecule has 1 N–H and O–H groups in total. The number of carbonyl (C=O) groups is 1. The van der Waals surface area contributed by atoms with Crippen LogP contribution in [0.3, 0.4) is 0 Å². The maximum Gasteiger partial charge on any atom is 0.418 e. The largest absolute Gasteiger partial charge is 0.418 e. The molecule has 0 radical (unpaired) electrons. The molecular weight excluding hydrogens is 458 g/mol. The Morgan fingerprint density at radius 1 is 1.00 bits per heavy atom. The van der Waals surface area contributed by atoms with Crippen LogP contribution in [0.15, 0.2) is 53.3 Å². The van der Waals surface area contributed by atoms with Crippen LogP contribution in [0.4, 0.5) is 23.2 Å². The summed E-state index contributed by atoms with van der Waals surface area (Å²) in [6.45, 7) is 2.94. The van der Waals surface area contributed by atoms with E-state index in [1.807, 2.05) is 0 Å². The molecule has 0 unspecified atom stereocenters. The molecule has 2 aromatic heterocycles. The van der Waals surface area contributed by atoms with Crippen molar-refractivity contribution in [2.45, 2.75) is 20.0 Å². The molecule has 0 aliphatic rings. The van der Waals surface area contributed by atoms with Crippen LogP contribution >= 0.6 is 0 Å². The topological polar surface area (TPSA) is 108 Å². The van der Waals surface area contributed by atoms with Crippen LogP contribution in [-0.4, -0.2) is 35.9 Å². The number of para-hydroxylation sites is 1. The second-order valence-electron chi connectivity index (χ2n) is 7.18. The highest BCUT2D eigenvalue weighted by atomic mass is 19.4. The number of benzene rings is 2. The van der Waals surface area contributed by atoms with Crippen molar-refractivity contribution in [1.82, 2.24) is 30.0 Å². The number of aryl methyl sites for hydroxylation is 2. The zero-order valence-electron chi connectivity index (χ0n) is 17.6. The number of hydrogen-bond acceptors (Lipinski definition) is 6. The second kappa shape index (κ2) is 8.50. The van der Waals surface area contributed by atoms with Crippen LogP contribution in [0.25, 0.3) is 11.4 Å². The fraction of sp³-hybridized carbons (Fsp3) is 0.143. The van der Waals surface area contributed by atoms with Crippen LogP contribution in [0.1, 0.15) is 27.6 Å². The highest BCUT2D eigenvalue weighted by Gasteiger charge is 2.34. The molecule has 0 atom stereocenters. The summed E-state index contributed by atoms with van der Waals surface area (Å²) in [4.78, 5) is 25.3. The third-order valence-electron chi connectivity index (χ3n) is 4.82. The van der Waals surface area contributed by atoms with Gasteiger partial charge in [0.2, 0.25) is 5.43 Å². The Morgan fingerprint density at radius 2 is 1.74 bits per heavy atom. The van der Waals surface area contributed by atoms with Crippen molar-refractivity contribution in [2.75, 3.05) is 5.32 Å². The number of nitrogens with zero attached hydrogens (tertiary/aromatic N) is 6. The minimum atomic E-state index is -4.69. The smallest absolute Gasteiger partial charge is 0.320 e. The average Bonchev–Trinajstić information content (AvgIpc) is 3.20. The molecule has 2 aromatic carbocycles. The van der Waals surface area contributed by atoms with Gasteiger partial charge in [-0.2, -0.15) is 23.0 Å².